The SMILES string of the molecule is CC1CCCC(O)(CNc2ccc(C(=O)O)cc2)C1. The Kier molecular flexibility index (Phi) is 4.10. The van der Waals surface area contributed by atoms with Crippen LogP contribution in [0.5, 0.6) is 0 Å². The second-order valence-corrected chi connectivity index (χ2v) is 5.66. The zero-order chi connectivity index (χ0) is 13.9. The van der Waals surface area contributed by atoms with E-state index < -0.39 is 11.6 Å². The molecule has 0 radical (unpaired) electrons. The number of anilines is 1. The molecule has 1 aliphatic carbocycles. The summed E-state index contributed by atoms with van der Waals surface area (Å²) in [5.74, 6) is -0.360. The number of hydrogen-bond donors (Lipinski definition) is 3. The van der Waals surface area contributed by atoms with Gasteiger partial charge in [-0.25, -0.2) is 4.79 Å². The number of hydrogen-bond acceptors (Lipinski definition) is 3. The molecule has 1 aromatic carbocycles. The van der Waals surface area contributed by atoms with Gasteiger partial charge in [-0.2, -0.15) is 0 Å². The van der Waals surface area contributed by atoms with Gasteiger partial charge in [0.05, 0.1) is 11.2 Å². The summed E-state index contributed by atoms with van der Waals surface area (Å²) in [5, 5.41) is 22.5. The number of carboxylic acid groups (broad SMARTS) is 1. The average Bonchev–Trinajstić information content (AvgIpc) is 2.37. The monoisotopic (exact) mass is 263 g/mol. The molecule has 3 N–H and O–H groups in total. The second-order valence-electron chi connectivity index (χ2n) is 5.66. The van der Waals surface area contributed by atoms with Gasteiger partial charge in [0.2, 0.25) is 0 Å². The van der Waals surface area contributed by atoms with Crippen LogP contribution in [0.2, 0.25) is 0 Å². The van der Waals surface area contributed by atoms with E-state index in [0.717, 1.165) is 24.9 Å². The lowest BCUT2D eigenvalue weighted by atomic mass is 9.79. The van der Waals surface area contributed by atoms with Crippen molar-refractivity contribution < 1.29 is 15.0 Å². The maximum absolute atomic E-state index is 10.7. The van der Waals surface area contributed by atoms with E-state index in [-0.39, 0.29) is 5.56 Å². The number of aromatic carboxylic acids is 1. The first kappa shape index (κ1) is 13.9. The Morgan fingerprint density at radius 2 is 2.11 bits per heavy atom. The molecule has 1 fully saturated rings. The largest absolute Gasteiger partial charge is 0.478 e. The first-order valence-electron chi connectivity index (χ1n) is 6.78. The summed E-state index contributed by atoms with van der Waals surface area (Å²) in [6, 6.07) is 6.61. The van der Waals surface area contributed by atoms with E-state index in [9.17, 15) is 9.90 Å². The molecule has 0 spiro atoms. The van der Waals surface area contributed by atoms with Gasteiger partial charge in [-0.15, -0.1) is 0 Å². The van der Waals surface area contributed by atoms with Gasteiger partial charge in [0, 0.05) is 12.2 Å². The molecular formula is C15H21NO3. The molecule has 19 heavy (non-hydrogen) atoms. The Morgan fingerprint density at radius 3 is 2.68 bits per heavy atom. The molecule has 0 saturated heterocycles. The maximum Gasteiger partial charge on any atom is 0.335 e. The number of carboxylic acids is 1. The smallest absolute Gasteiger partial charge is 0.335 e. The van der Waals surface area contributed by atoms with Crippen molar-refractivity contribution in [3.63, 3.8) is 0 Å². The highest BCUT2D eigenvalue weighted by atomic mass is 16.4. The van der Waals surface area contributed by atoms with Crippen molar-refractivity contribution in [1.29, 1.82) is 0 Å². The lowest BCUT2D eigenvalue weighted by Crippen LogP contribution is -2.41. The van der Waals surface area contributed by atoms with Crippen LogP contribution >= 0.6 is 0 Å². The third-order valence-corrected chi connectivity index (χ3v) is 3.82. The summed E-state index contributed by atoms with van der Waals surface area (Å²) in [6.45, 7) is 2.69. The quantitative estimate of drug-likeness (QED) is 0.781. The molecule has 1 saturated carbocycles. The van der Waals surface area contributed by atoms with Crippen molar-refractivity contribution in [3.05, 3.63) is 29.8 Å². The molecule has 2 rings (SSSR count). The molecule has 4 nitrogen and oxygen atoms in total. The molecule has 0 heterocycles. The van der Waals surface area contributed by atoms with Crippen molar-refractivity contribution in [2.45, 2.75) is 38.2 Å². The Morgan fingerprint density at radius 1 is 1.42 bits per heavy atom. The van der Waals surface area contributed by atoms with E-state index in [1.54, 1.807) is 24.3 Å². The van der Waals surface area contributed by atoms with Crippen LogP contribution in [0.4, 0.5) is 5.69 Å². The third-order valence-electron chi connectivity index (χ3n) is 3.82. The van der Waals surface area contributed by atoms with Crippen molar-refractivity contribution >= 4 is 11.7 Å². The lowest BCUT2D eigenvalue weighted by molar-refractivity contribution is -0.000771. The highest BCUT2D eigenvalue weighted by Gasteiger charge is 2.32. The van der Waals surface area contributed by atoms with Gasteiger partial charge in [-0.05, 0) is 43.0 Å². The fourth-order valence-electron chi connectivity index (χ4n) is 2.79. The summed E-state index contributed by atoms with van der Waals surface area (Å²) >= 11 is 0. The first-order valence-corrected chi connectivity index (χ1v) is 6.78. The zero-order valence-corrected chi connectivity index (χ0v) is 11.2. The Hall–Kier alpha value is -1.55. The summed E-state index contributed by atoms with van der Waals surface area (Å²) < 4.78 is 0. The van der Waals surface area contributed by atoms with Gasteiger partial charge in [0.25, 0.3) is 0 Å². The van der Waals surface area contributed by atoms with Crippen LogP contribution in [-0.4, -0.2) is 28.3 Å². The average molecular weight is 263 g/mol. The van der Waals surface area contributed by atoms with Gasteiger partial charge in [-0.3, -0.25) is 0 Å². The normalized spacial score (nSPS) is 26.9. The summed E-state index contributed by atoms with van der Waals surface area (Å²) in [6.07, 6.45) is 3.91. The maximum atomic E-state index is 10.7. The number of carbonyl (C=O) groups is 1. The molecule has 104 valence electrons. The van der Waals surface area contributed by atoms with E-state index in [4.69, 9.17) is 5.11 Å². The molecule has 2 atom stereocenters. The predicted octanol–water partition coefficient (Wildman–Crippen LogP) is 2.74. The highest BCUT2D eigenvalue weighted by Crippen LogP contribution is 2.32. The minimum absolute atomic E-state index is 0.274. The molecule has 4 heteroatoms. The minimum atomic E-state index is -0.925. The summed E-state index contributed by atoms with van der Waals surface area (Å²) in [4.78, 5) is 10.7. The fourth-order valence-corrected chi connectivity index (χ4v) is 2.79. The molecule has 0 bridgehead atoms. The molecule has 2 unspecified atom stereocenters. The van der Waals surface area contributed by atoms with E-state index in [0.29, 0.717) is 12.5 Å². The van der Waals surface area contributed by atoms with Crippen LogP contribution < -0.4 is 5.32 Å². The topological polar surface area (TPSA) is 69.6 Å². The zero-order valence-electron chi connectivity index (χ0n) is 11.2. The highest BCUT2D eigenvalue weighted by molar-refractivity contribution is 5.87. The number of aliphatic hydroxyl groups is 1. The van der Waals surface area contributed by atoms with Gasteiger partial charge >= 0.3 is 5.97 Å². The minimum Gasteiger partial charge on any atom is -0.478 e. The Labute approximate surface area is 113 Å². The van der Waals surface area contributed by atoms with Crippen molar-refractivity contribution in [1.82, 2.24) is 0 Å². The first-order chi connectivity index (χ1) is 8.98. The van der Waals surface area contributed by atoms with Gasteiger partial charge in [-0.1, -0.05) is 19.8 Å². The molecule has 1 aromatic rings. The van der Waals surface area contributed by atoms with Crippen molar-refractivity contribution in [3.8, 4) is 0 Å². The molecule has 1 aliphatic rings. The van der Waals surface area contributed by atoms with E-state index in [2.05, 4.69) is 12.2 Å². The van der Waals surface area contributed by atoms with E-state index >= 15 is 0 Å². The van der Waals surface area contributed by atoms with Crippen molar-refractivity contribution in [2.75, 3.05) is 11.9 Å². The molecule has 0 aromatic heterocycles. The van der Waals surface area contributed by atoms with Crippen LogP contribution in [0.15, 0.2) is 24.3 Å². The summed E-state index contributed by atoms with van der Waals surface area (Å²) in [7, 11) is 0. The van der Waals surface area contributed by atoms with E-state index in [1.807, 2.05) is 0 Å². The lowest BCUT2D eigenvalue weighted by Gasteiger charge is -2.35. The fraction of sp³-hybridized carbons (Fsp3) is 0.533. The molecular weight excluding hydrogens is 242 g/mol. The Balaban J connectivity index is 1.92. The van der Waals surface area contributed by atoms with Gasteiger partial charge in [0.15, 0.2) is 0 Å². The van der Waals surface area contributed by atoms with E-state index in [1.165, 1.54) is 6.42 Å². The number of benzene rings is 1. The van der Waals surface area contributed by atoms with Crippen LogP contribution in [0, 0.1) is 5.92 Å². The van der Waals surface area contributed by atoms with Gasteiger partial charge < -0.3 is 15.5 Å². The number of rotatable bonds is 4. The Bertz CT molecular complexity index is 443. The standard InChI is InChI=1S/C15H21NO3/c1-11-3-2-8-15(19,9-11)10-16-13-6-4-12(5-7-13)14(17)18/h4-7,11,16,19H,2-3,8-10H2,1H3,(H,17,18). The van der Waals surface area contributed by atoms with Crippen molar-refractivity contribution in [2.24, 2.45) is 5.92 Å². The van der Waals surface area contributed by atoms with Crippen LogP contribution in [0.25, 0.3) is 0 Å². The predicted molar refractivity (Wildman–Crippen MR) is 74.5 cm³/mol. The van der Waals surface area contributed by atoms with Crippen LogP contribution in [0.1, 0.15) is 43.0 Å². The second kappa shape index (κ2) is 5.61. The number of nitrogens with one attached hydrogen (secondary N) is 1. The van der Waals surface area contributed by atoms with Crippen LogP contribution in [-0.2, 0) is 0 Å². The van der Waals surface area contributed by atoms with Crippen LogP contribution in [0.3, 0.4) is 0 Å². The van der Waals surface area contributed by atoms with Gasteiger partial charge in [0.1, 0.15) is 0 Å². The summed E-state index contributed by atoms with van der Waals surface area (Å²) in [5.41, 5.74) is 0.482. The molecule has 0 amide bonds. The third kappa shape index (κ3) is 3.70. The molecule has 0 aliphatic heterocycles.